The van der Waals surface area contributed by atoms with Crippen molar-refractivity contribution < 1.29 is 4.79 Å². The summed E-state index contributed by atoms with van der Waals surface area (Å²) in [4.78, 5) is 12.7. The predicted octanol–water partition coefficient (Wildman–Crippen LogP) is 4.38. The fourth-order valence-corrected chi connectivity index (χ4v) is 2.56. The molecule has 2 rings (SSSR count). The molecule has 0 aliphatic carbocycles. The zero-order valence-electron chi connectivity index (χ0n) is 9.90. The van der Waals surface area contributed by atoms with Gasteiger partial charge in [-0.05, 0) is 35.2 Å². The second-order valence-electron chi connectivity index (χ2n) is 3.80. The standard InChI is InChI=1S/C14H11Cl2NOS/c15-11-5-3-10(13(16)8-11)4-6-14(18)17-9-12-2-1-7-19-12/h1-8H,9H2,(H,17,18)/b6-4+. The minimum atomic E-state index is -0.153. The van der Waals surface area contributed by atoms with Crippen LogP contribution < -0.4 is 5.32 Å². The molecule has 0 spiro atoms. The van der Waals surface area contributed by atoms with E-state index in [1.807, 2.05) is 17.5 Å². The summed E-state index contributed by atoms with van der Waals surface area (Å²) in [6.45, 7) is 0.537. The quantitative estimate of drug-likeness (QED) is 0.834. The van der Waals surface area contributed by atoms with E-state index in [4.69, 9.17) is 23.2 Å². The molecule has 1 N–H and O–H groups in total. The molecule has 2 aromatic rings. The number of carbonyl (C=O) groups excluding carboxylic acids is 1. The summed E-state index contributed by atoms with van der Waals surface area (Å²) in [5.41, 5.74) is 0.761. The predicted molar refractivity (Wildman–Crippen MR) is 81.7 cm³/mol. The number of hydrogen-bond acceptors (Lipinski definition) is 2. The maximum Gasteiger partial charge on any atom is 0.244 e. The maximum absolute atomic E-state index is 11.6. The van der Waals surface area contributed by atoms with Gasteiger partial charge in [-0.15, -0.1) is 11.3 Å². The number of thiophene rings is 1. The van der Waals surface area contributed by atoms with E-state index in [-0.39, 0.29) is 5.91 Å². The molecule has 0 fully saturated rings. The van der Waals surface area contributed by atoms with Crippen molar-refractivity contribution in [3.8, 4) is 0 Å². The molecular weight excluding hydrogens is 301 g/mol. The Labute approximate surface area is 125 Å². The van der Waals surface area contributed by atoms with Crippen LogP contribution in [-0.4, -0.2) is 5.91 Å². The normalized spacial score (nSPS) is 10.8. The number of carbonyl (C=O) groups is 1. The van der Waals surface area contributed by atoms with Gasteiger partial charge in [0.1, 0.15) is 0 Å². The van der Waals surface area contributed by atoms with Gasteiger partial charge in [0.2, 0.25) is 5.91 Å². The first-order chi connectivity index (χ1) is 9.15. The monoisotopic (exact) mass is 311 g/mol. The van der Waals surface area contributed by atoms with Crippen LogP contribution in [0.5, 0.6) is 0 Å². The SMILES string of the molecule is O=C(/C=C/c1ccc(Cl)cc1Cl)NCc1cccs1. The lowest BCUT2D eigenvalue weighted by Gasteiger charge is -2.00. The number of amides is 1. The van der Waals surface area contributed by atoms with Crippen molar-refractivity contribution in [2.24, 2.45) is 0 Å². The molecule has 19 heavy (non-hydrogen) atoms. The summed E-state index contributed by atoms with van der Waals surface area (Å²) in [5.74, 6) is -0.153. The maximum atomic E-state index is 11.6. The van der Waals surface area contributed by atoms with Gasteiger partial charge in [-0.1, -0.05) is 35.3 Å². The van der Waals surface area contributed by atoms with Crippen molar-refractivity contribution in [2.45, 2.75) is 6.54 Å². The molecule has 1 aromatic heterocycles. The van der Waals surface area contributed by atoms with Crippen molar-refractivity contribution in [2.75, 3.05) is 0 Å². The third-order valence-electron chi connectivity index (χ3n) is 2.39. The fourth-order valence-electron chi connectivity index (χ4n) is 1.45. The minimum absolute atomic E-state index is 0.153. The number of nitrogens with one attached hydrogen (secondary N) is 1. The second kappa shape index (κ2) is 6.75. The van der Waals surface area contributed by atoms with Crippen molar-refractivity contribution >= 4 is 46.5 Å². The van der Waals surface area contributed by atoms with Gasteiger partial charge in [0.05, 0.1) is 6.54 Å². The minimum Gasteiger partial charge on any atom is -0.348 e. The molecule has 1 amide bonds. The van der Waals surface area contributed by atoms with E-state index in [2.05, 4.69) is 5.32 Å². The van der Waals surface area contributed by atoms with Crippen LogP contribution in [0.4, 0.5) is 0 Å². The molecule has 98 valence electrons. The number of benzene rings is 1. The first-order valence-corrected chi connectivity index (χ1v) is 7.22. The summed E-state index contributed by atoms with van der Waals surface area (Å²) in [5, 5.41) is 5.88. The fraction of sp³-hybridized carbons (Fsp3) is 0.0714. The first-order valence-electron chi connectivity index (χ1n) is 5.58. The van der Waals surface area contributed by atoms with Gasteiger partial charge in [-0.3, -0.25) is 4.79 Å². The molecule has 5 heteroatoms. The zero-order valence-corrected chi connectivity index (χ0v) is 12.2. The van der Waals surface area contributed by atoms with Crippen LogP contribution in [0.3, 0.4) is 0 Å². The van der Waals surface area contributed by atoms with E-state index in [0.717, 1.165) is 10.4 Å². The highest BCUT2D eigenvalue weighted by atomic mass is 35.5. The van der Waals surface area contributed by atoms with Crippen LogP contribution in [0.1, 0.15) is 10.4 Å². The molecule has 0 aliphatic heterocycles. The molecule has 0 unspecified atom stereocenters. The Balaban J connectivity index is 1.92. The van der Waals surface area contributed by atoms with E-state index in [1.54, 1.807) is 35.6 Å². The summed E-state index contributed by atoms with van der Waals surface area (Å²) in [6, 6.07) is 9.08. The van der Waals surface area contributed by atoms with Crippen LogP contribution >= 0.6 is 34.5 Å². The van der Waals surface area contributed by atoms with Crippen LogP contribution in [0.2, 0.25) is 10.0 Å². The van der Waals surface area contributed by atoms with E-state index in [9.17, 15) is 4.79 Å². The molecule has 0 aliphatic rings. The van der Waals surface area contributed by atoms with E-state index in [1.165, 1.54) is 6.08 Å². The molecular formula is C14H11Cl2NOS. The average Bonchev–Trinajstić information content (AvgIpc) is 2.88. The Morgan fingerprint density at radius 2 is 2.16 bits per heavy atom. The van der Waals surface area contributed by atoms with Gasteiger partial charge in [0.25, 0.3) is 0 Å². The Bertz CT molecular complexity index is 593. The summed E-state index contributed by atoms with van der Waals surface area (Å²) >= 11 is 13.4. The lowest BCUT2D eigenvalue weighted by molar-refractivity contribution is -0.116. The molecule has 0 saturated carbocycles. The average molecular weight is 312 g/mol. The molecule has 2 nitrogen and oxygen atoms in total. The molecule has 0 atom stereocenters. The van der Waals surface area contributed by atoms with Gasteiger partial charge in [-0.2, -0.15) is 0 Å². The zero-order chi connectivity index (χ0) is 13.7. The summed E-state index contributed by atoms with van der Waals surface area (Å²) < 4.78 is 0. The van der Waals surface area contributed by atoms with Gasteiger partial charge in [-0.25, -0.2) is 0 Å². The Morgan fingerprint density at radius 1 is 1.32 bits per heavy atom. The van der Waals surface area contributed by atoms with Crippen LogP contribution in [0.15, 0.2) is 41.8 Å². The topological polar surface area (TPSA) is 29.1 Å². The second-order valence-corrected chi connectivity index (χ2v) is 5.67. The lowest BCUT2D eigenvalue weighted by Crippen LogP contribution is -2.19. The van der Waals surface area contributed by atoms with Crippen molar-refractivity contribution in [3.63, 3.8) is 0 Å². The number of hydrogen-bond donors (Lipinski definition) is 1. The lowest BCUT2D eigenvalue weighted by atomic mass is 10.2. The van der Waals surface area contributed by atoms with Crippen LogP contribution in [-0.2, 0) is 11.3 Å². The summed E-state index contributed by atoms with van der Waals surface area (Å²) in [7, 11) is 0. The van der Waals surface area contributed by atoms with E-state index < -0.39 is 0 Å². The van der Waals surface area contributed by atoms with Gasteiger partial charge in [0.15, 0.2) is 0 Å². The Hall–Kier alpha value is -1.29. The first kappa shape index (κ1) is 14.1. The molecule has 0 saturated heterocycles. The Kier molecular flexibility index (Phi) is 5.02. The third kappa shape index (κ3) is 4.39. The smallest absolute Gasteiger partial charge is 0.244 e. The van der Waals surface area contributed by atoms with E-state index >= 15 is 0 Å². The largest absolute Gasteiger partial charge is 0.348 e. The van der Waals surface area contributed by atoms with Crippen molar-refractivity contribution in [1.29, 1.82) is 0 Å². The molecule has 0 radical (unpaired) electrons. The van der Waals surface area contributed by atoms with Crippen molar-refractivity contribution in [1.82, 2.24) is 5.32 Å². The summed E-state index contributed by atoms with van der Waals surface area (Å²) in [6.07, 6.45) is 3.13. The van der Waals surface area contributed by atoms with Crippen LogP contribution in [0.25, 0.3) is 6.08 Å². The van der Waals surface area contributed by atoms with Gasteiger partial charge >= 0.3 is 0 Å². The Morgan fingerprint density at radius 3 is 2.84 bits per heavy atom. The molecule has 0 bridgehead atoms. The van der Waals surface area contributed by atoms with Gasteiger partial charge in [0, 0.05) is 21.0 Å². The number of halogens is 2. The molecule has 1 aromatic carbocycles. The highest BCUT2D eigenvalue weighted by Gasteiger charge is 2.00. The van der Waals surface area contributed by atoms with Crippen LogP contribution in [0, 0.1) is 0 Å². The van der Waals surface area contributed by atoms with Crippen molar-refractivity contribution in [3.05, 3.63) is 62.3 Å². The van der Waals surface area contributed by atoms with Gasteiger partial charge < -0.3 is 5.32 Å². The highest BCUT2D eigenvalue weighted by Crippen LogP contribution is 2.21. The molecule has 1 heterocycles. The highest BCUT2D eigenvalue weighted by molar-refractivity contribution is 7.09. The third-order valence-corrected chi connectivity index (χ3v) is 3.83. The van der Waals surface area contributed by atoms with E-state index in [0.29, 0.717) is 16.6 Å². The number of rotatable bonds is 4.